The molecule has 0 spiro atoms. The van der Waals surface area contributed by atoms with Crippen LogP contribution in [-0.2, 0) is 13.6 Å². The van der Waals surface area contributed by atoms with Crippen molar-refractivity contribution in [2.24, 2.45) is 12.9 Å². The molecule has 0 aliphatic heterocycles. The zero-order chi connectivity index (χ0) is 7.56. The van der Waals surface area contributed by atoms with Crippen LogP contribution in [0, 0.1) is 6.92 Å². The maximum atomic E-state index is 5.15. The largest absolute Gasteiger partial charge is 0.275 e. The van der Waals surface area contributed by atoms with Gasteiger partial charge >= 0.3 is 0 Å². The molecule has 0 amide bonds. The number of aryl methyl sites for hydroxylation is 2. The van der Waals surface area contributed by atoms with Crippen molar-refractivity contribution in [3.05, 3.63) is 17.5 Å². The van der Waals surface area contributed by atoms with E-state index in [1.807, 2.05) is 20.2 Å². The van der Waals surface area contributed by atoms with Crippen molar-refractivity contribution < 1.29 is 0 Å². The first-order valence-electron chi connectivity index (χ1n) is 3.16. The molecule has 3 N–H and O–H groups in total. The van der Waals surface area contributed by atoms with Crippen LogP contribution < -0.4 is 11.3 Å². The Morgan fingerprint density at radius 3 is 2.90 bits per heavy atom. The van der Waals surface area contributed by atoms with Gasteiger partial charge in [0.15, 0.2) is 0 Å². The van der Waals surface area contributed by atoms with Crippen LogP contribution >= 0.6 is 0 Å². The quantitative estimate of drug-likeness (QED) is 0.437. The molecule has 0 radical (unpaired) electrons. The summed E-state index contributed by atoms with van der Waals surface area (Å²) in [7, 11) is 1.90. The Bertz CT molecular complexity index is 216. The van der Waals surface area contributed by atoms with Crippen molar-refractivity contribution in [1.82, 2.24) is 15.2 Å². The van der Waals surface area contributed by atoms with Gasteiger partial charge in [-0.25, -0.2) is 0 Å². The standard InChI is InChI=1S/C6H12N4/c1-5-6(3-8-7)4-10(2)9-5/h4,8H,3,7H2,1-2H3. The smallest absolute Gasteiger partial charge is 0.0639 e. The third kappa shape index (κ3) is 1.34. The molecule has 4 heteroatoms. The minimum absolute atomic E-state index is 0.680. The second-order valence-corrected chi connectivity index (χ2v) is 2.29. The van der Waals surface area contributed by atoms with E-state index in [0.29, 0.717) is 6.54 Å². The number of nitrogens with zero attached hydrogens (tertiary/aromatic N) is 2. The van der Waals surface area contributed by atoms with Crippen molar-refractivity contribution in [1.29, 1.82) is 0 Å². The van der Waals surface area contributed by atoms with Gasteiger partial charge in [0.05, 0.1) is 5.69 Å². The fourth-order valence-corrected chi connectivity index (χ4v) is 0.932. The van der Waals surface area contributed by atoms with Gasteiger partial charge in [0.1, 0.15) is 0 Å². The van der Waals surface area contributed by atoms with Gasteiger partial charge < -0.3 is 0 Å². The Kier molecular flexibility index (Phi) is 2.03. The zero-order valence-corrected chi connectivity index (χ0v) is 6.26. The topological polar surface area (TPSA) is 55.9 Å². The first-order chi connectivity index (χ1) is 4.74. The molecule has 1 aromatic heterocycles. The minimum atomic E-state index is 0.680. The van der Waals surface area contributed by atoms with Gasteiger partial charge in [0.25, 0.3) is 0 Å². The maximum Gasteiger partial charge on any atom is 0.0639 e. The van der Waals surface area contributed by atoms with Crippen molar-refractivity contribution in [2.45, 2.75) is 13.5 Å². The lowest BCUT2D eigenvalue weighted by Crippen LogP contribution is -2.20. The highest BCUT2D eigenvalue weighted by Gasteiger charge is 1.99. The normalized spacial score (nSPS) is 10.3. The van der Waals surface area contributed by atoms with Crippen LogP contribution in [0.2, 0.25) is 0 Å². The Labute approximate surface area is 60.0 Å². The second-order valence-electron chi connectivity index (χ2n) is 2.29. The third-order valence-electron chi connectivity index (χ3n) is 1.41. The molecule has 0 aliphatic rings. The number of hydrogen-bond acceptors (Lipinski definition) is 3. The number of nitrogens with two attached hydrogens (primary N) is 1. The Morgan fingerprint density at radius 1 is 1.80 bits per heavy atom. The molecule has 56 valence electrons. The molecule has 10 heavy (non-hydrogen) atoms. The maximum absolute atomic E-state index is 5.15. The van der Waals surface area contributed by atoms with E-state index in [-0.39, 0.29) is 0 Å². The van der Waals surface area contributed by atoms with Crippen molar-refractivity contribution in [3.8, 4) is 0 Å². The highest BCUT2D eigenvalue weighted by Crippen LogP contribution is 2.02. The summed E-state index contributed by atoms with van der Waals surface area (Å²) in [6.07, 6.45) is 1.95. The molecule has 0 fully saturated rings. The van der Waals surface area contributed by atoms with E-state index < -0.39 is 0 Å². The lowest BCUT2D eigenvalue weighted by atomic mass is 10.3. The average Bonchev–Trinajstić information content (AvgIpc) is 2.13. The number of nitrogens with one attached hydrogen (secondary N) is 1. The second kappa shape index (κ2) is 2.81. The van der Waals surface area contributed by atoms with Crippen LogP contribution in [-0.4, -0.2) is 9.78 Å². The van der Waals surface area contributed by atoms with Crippen LogP contribution in [0.4, 0.5) is 0 Å². The highest BCUT2D eigenvalue weighted by atomic mass is 15.3. The molecule has 0 aromatic carbocycles. The lowest BCUT2D eigenvalue weighted by Gasteiger charge is -1.93. The molecular formula is C6H12N4. The lowest BCUT2D eigenvalue weighted by molar-refractivity contribution is 0.735. The van der Waals surface area contributed by atoms with Gasteiger partial charge in [0.2, 0.25) is 0 Å². The van der Waals surface area contributed by atoms with Crippen molar-refractivity contribution >= 4 is 0 Å². The highest BCUT2D eigenvalue weighted by molar-refractivity contribution is 5.14. The minimum Gasteiger partial charge on any atom is -0.275 e. The summed E-state index contributed by atoms with van der Waals surface area (Å²) < 4.78 is 1.78. The molecule has 0 saturated carbocycles. The molecule has 0 unspecified atom stereocenters. The van der Waals surface area contributed by atoms with Gasteiger partial charge in [-0.2, -0.15) is 5.10 Å². The SMILES string of the molecule is Cc1nn(C)cc1CNN. The van der Waals surface area contributed by atoms with E-state index in [9.17, 15) is 0 Å². The summed E-state index contributed by atoms with van der Waals surface area (Å²) in [6.45, 7) is 2.65. The molecule has 1 aromatic rings. The van der Waals surface area contributed by atoms with Crippen LogP contribution in [0.1, 0.15) is 11.3 Å². The van der Waals surface area contributed by atoms with Gasteiger partial charge in [-0.05, 0) is 6.92 Å². The van der Waals surface area contributed by atoms with Gasteiger partial charge in [-0.3, -0.25) is 16.0 Å². The first-order valence-corrected chi connectivity index (χ1v) is 3.16. The molecule has 1 rings (SSSR count). The summed E-state index contributed by atoms with van der Waals surface area (Å²) in [5.41, 5.74) is 4.76. The van der Waals surface area contributed by atoms with Crippen LogP contribution in [0.5, 0.6) is 0 Å². The van der Waals surface area contributed by atoms with E-state index in [4.69, 9.17) is 5.84 Å². The number of aromatic nitrogens is 2. The molecular weight excluding hydrogens is 128 g/mol. The summed E-state index contributed by atoms with van der Waals surface area (Å²) >= 11 is 0. The molecule has 0 bridgehead atoms. The zero-order valence-electron chi connectivity index (χ0n) is 6.26. The first kappa shape index (κ1) is 7.24. The summed E-state index contributed by atoms with van der Waals surface area (Å²) in [6, 6.07) is 0. The number of hydrazine groups is 1. The van der Waals surface area contributed by atoms with Gasteiger partial charge in [0, 0.05) is 25.4 Å². The van der Waals surface area contributed by atoms with E-state index in [2.05, 4.69) is 10.5 Å². The van der Waals surface area contributed by atoms with Crippen LogP contribution in [0.15, 0.2) is 6.20 Å². The molecule has 0 aliphatic carbocycles. The van der Waals surface area contributed by atoms with E-state index in [1.165, 1.54) is 0 Å². The monoisotopic (exact) mass is 140 g/mol. The van der Waals surface area contributed by atoms with Gasteiger partial charge in [-0.15, -0.1) is 0 Å². The van der Waals surface area contributed by atoms with Crippen molar-refractivity contribution in [2.75, 3.05) is 0 Å². The summed E-state index contributed by atoms with van der Waals surface area (Å²) in [5, 5.41) is 4.15. The number of rotatable bonds is 2. The molecule has 0 atom stereocenters. The summed E-state index contributed by atoms with van der Waals surface area (Å²) in [5.74, 6) is 5.15. The van der Waals surface area contributed by atoms with Gasteiger partial charge in [-0.1, -0.05) is 0 Å². The Balaban J connectivity index is 2.81. The fraction of sp³-hybridized carbons (Fsp3) is 0.500. The summed E-state index contributed by atoms with van der Waals surface area (Å²) in [4.78, 5) is 0. The van der Waals surface area contributed by atoms with Crippen LogP contribution in [0.3, 0.4) is 0 Å². The predicted octanol–water partition coefficient (Wildman–Crippen LogP) is -0.308. The number of hydrogen-bond donors (Lipinski definition) is 2. The van der Waals surface area contributed by atoms with E-state index >= 15 is 0 Å². The van der Waals surface area contributed by atoms with E-state index in [1.54, 1.807) is 4.68 Å². The van der Waals surface area contributed by atoms with E-state index in [0.717, 1.165) is 11.3 Å². The Morgan fingerprint density at radius 2 is 2.50 bits per heavy atom. The third-order valence-corrected chi connectivity index (χ3v) is 1.41. The molecule has 4 nitrogen and oxygen atoms in total. The molecule has 0 saturated heterocycles. The predicted molar refractivity (Wildman–Crippen MR) is 39.0 cm³/mol. The Hall–Kier alpha value is -0.870. The fourth-order valence-electron chi connectivity index (χ4n) is 0.932. The van der Waals surface area contributed by atoms with Crippen LogP contribution in [0.25, 0.3) is 0 Å². The molecule has 1 heterocycles. The average molecular weight is 140 g/mol. The van der Waals surface area contributed by atoms with Crippen molar-refractivity contribution in [3.63, 3.8) is 0 Å².